The number of carbonyl (C=O) groups is 3. The van der Waals surface area contributed by atoms with Crippen LogP contribution in [0.3, 0.4) is 0 Å². The van der Waals surface area contributed by atoms with Crippen molar-refractivity contribution in [1.29, 1.82) is 0 Å². The lowest BCUT2D eigenvalue weighted by Gasteiger charge is -2.34. The molecule has 2 fully saturated rings. The highest BCUT2D eigenvalue weighted by Gasteiger charge is 2.48. The van der Waals surface area contributed by atoms with Crippen LogP contribution in [0.2, 0.25) is 0 Å². The fraction of sp³-hybridized carbons (Fsp3) is 0.625. The molecule has 9 heteroatoms. The fourth-order valence-corrected chi connectivity index (χ4v) is 4.91. The average molecular weight is 461 g/mol. The number of β-amino-alcohol motifs (C(OH)–C–C–N with tert-alkyl or cyclic N) is 1. The first-order chi connectivity index (χ1) is 15.3. The Morgan fingerprint density at radius 1 is 1.15 bits per heavy atom. The maximum absolute atomic E-state index is 12.7. The molecule has 0 aromatic heterocycles. The van der Waals surface area contributed by atoms with E-state index in [2.05, 4.69) is 34.6 Å². The number of fused-ring (bicyclic) bond motifs is 1. The third-order valence-electron chi connectivity index (χ3n) is 6.16. The molecule has 3 rings (SSSR count). The lowest BCUT2D eigenvalue weighted by atomic mass is 9.72. The Morgan fingerprint density at radius 2 is 1.79 bits per heavy atom. The monoisotopic (exact) mass is 460 g/mol. The number of piperazine rings is 1. The van der Waals surface area contributed by atoms with Gasteiger partial charge in [-0.2, -0.15) is 0 Å². The first kappa shape index (κ1) is 24.8. The molecular formula is C24H36N4O5. The zero-order valence-electron chi connectivity index (χ0n) is 20.2. The summed E-state index contributed by atoms with van der Waals surface area (Å²) in [6.45, 7) is 11.5. The second-order valence-corrected chi connectivity index (χ2v) is 10.8. The highest BCUT2D eigenvalue weighted by atomic mass is 16.5. The van der Waals surface area contributed by atoms with Crippen LogP contribution >= 0.6 is 0 Å². The topological polar surface area (TPSA) is 116 Å². The molecule has 2 atom stereocenters. The van der Waals surface area contributed by atoms with Gasteiger partial charge in [0.25, 0.3) is 5.91 Å². The van der Waals surface area contributed by atoms with Crippen molar-refractivity contribution in [1.82, 2.24) is 14.7 Å². The summed E-state index contributed by atoms with van der Waals surface area (Å²) < 4.78 is 5.70. The quantitative estimate of drug-likeness (QED) is 0.605. The van der Waals surface area contributed by atoms with Crippen molar-refractivity contribution >= 4 is 18.0 Å². The normalized spacial score (nSPS) is 20.2. The second kappa shape index (κ2) is 9.21. The van der Waals surface area contributed by atoms with Crippen LogP contribution in [-0.4, -0.2) is 82.7 Å². The van der Waals surface area contributed by atoms with Crippen molar-refractivity contribution in [3.05, 3.63) is 29.8 Å². The molecular weight excluding hydrogens is 424 g/mol. The van der Waals surface area contributed by atoms with Crippen LogP contribution in [0, 0.1) is 5.41 Å². The summed E-state index contributed by atoms with van der Waals surface area (Å²) in [4.78, 5) is 40.5. The standard InChI is InChI=1S/C24H36N4O5/c1-23(2,3)15-24(4,5)16-6-8-18(9-7-16)33-14-17(29)12-28-20(30)19-13-26(21(25)31)10-11-27(19)22(28)32/h6-9,17,19,29H,10-15H2,1-5H3,(H2,25,31)/t17-,19-/m0/s1. The number of carbonyl (C=O) groups excluding carboxylic acids is 3. The zero-order valence-corrected chi connectivity index (χ0v) is 20.2. The van der Waals surface area contributed by atoms with Gasteiger partial charge in [-0.15, -0.1) is 0 Å². The third-order valence-corrected chi connectivity index (χ3v) is 6.16. The molecule has 0 unspecified atom stereocenters. The summed E-state index contributed by atoms with van der Waals surface area (Å²) in [6.07, 6.45) is -0.00467. The summed E-state index contributed by atoms with van der Waals surface area (Å²) in [5.41, 5.74) is 6.74. The van der Waals surface area contributed by atoms with Gasteiger partial charge >= 0.3 is 12.1 Å². The van der Waals surface area contributed by atoms with E-state index in [1.54, 1.807) is 0 Å². The van der Waals surface area contributed by atoms with Crippen molar-refractivity contribution in [2.75, 3.05) is 32.8 Å². The van der Waals surface area contributed by atoms with E-state index >= 15 is 0 Å². The number of benzene rings is 1. The summed E-state index contributed by atoms with van der Waals surface area (Å²) in [5.74, 6) is 0.174. The molecule has 2 aliphatic rings. The Morgan fingerprint density at radius 3 is 2.36 bits per heavy atom. The van der Waals surface area contributed by atoms with Gasteiger partial charge in [-0.25, -0.2) is 9.59 Å². The Kier molecular flexibility index (Phi) is 6.93. The maximum atomic E-state index is 12.7. The molecule has 0 saturated carbocycles. The van der Waals surface area contributed by atoms with E-state index in [0.29, 0.717) is 5.75 Å². The Balaban J connectivity index is 1.54. The number of primary amides is 1. The SMILES string of the molecule is CC(C)(C)CC(C)(C)c1ccc(OC[C@@H](O)CN2C(=O)[C@@H]3CN(C(N)=O)CCN3C2=O)cc1. The van der Waals surface area contributed by atoms with Gasteiger partial charge in [-0.1, -0.05) is 46.8 Å². The van der Waals surface area contributed by atoms with Gasteiger partial charge in [0.15, 0.2) is 0 Å². The molecule has 0 aliphatic carbocycles. The minimum atomic E-state index is -1.04. The summed E-state index contributed by atoms with van der Waals surface area (Å²) in [5, 5.41) is 10.4. The van der Waals surface area contributed by atoms with Gasteiger partial charge in [-0.05, 0) is 34.9 Å². The Bertz CT molecular complexity index is 893. The van der Waals surface area contributed by atoms with E-state index in [-0.39, 0.29) is 43.6 Å². The molecule has 2 heterocycles. The Labute approximate surface area is 195 Å². The smallest absolute Gasteiger partial charge is 0.327 e. The van der Waals surface area contributed by atoms with Crippen molar-refractivity contribution in [2.45, 2.75) is 58.6 Å². The largest absolute Gasteiger partial charge is 0.491 e. The van der Waals surface area contributed by atoms with Crippen molar-refractivity contribution in [3.8, 4) is 5.75 Å². The summed E-state index contributed by atoms with van der Waals surface area (Å²) in [7, 11) is 0. The number of ether oxygens (including phenoxy) is 1. The van der Waals surface area contributed by atoms with Crippen LogP contribution in [0.15, 0.2) is 24.3 Å². The molecule has 5 amide bonds. The minimum absolute atomic E-state index is 0.0168. The van der Waals surface area contributed by atoms with E-state index in [4.69, 9.17) is 10.5 Å². The highest BCUT2D eigenvalue weighted by Crippen LogP contribution is 2.36. The molecule has 182 valence electrons. The molecule has 0 spiro atoms. The highest BCUT2D eigenvalue weighted by molar-refractivity contribution is 6.04. The Hall–Kier alpha value is -2.81. The van der Waals surface area contributed by atoms with Crippen LogP contribution in [0.4, 0.5) is 9.59 Å². The number of aliphatic hydroxyl groups is 1. The number of nitrogens with zero attached hydrogens (tertiary/aromatic N) is 3. The van der Waals surface area contributed by atoms with Gasteiger partial charge in [-0.3, -0.25) is 9.69 Å². The van der Waals surface area contributed by atoms with Crippen molar-refractivity contribution in [2.24, 2.45) is 11.1 Å². The van der Waals surface area contributed by atoms with Crippen molar-refractivity contribution in [3.63, 3.8) is 0 Å². The number of amides is 5. The molecule has 9 nitrogen and oxygen atoms in total. The van der Waals surface area contributed by atoms with Gasteiger partial charge in [0.05, 0.1) is 13.1 Å². The van der Waals surface area contributed by atoms with Crippen molar-refractivity contribution < 1.29 is 24.2 Å². The second-order valence-electron chi connectivity index (χ2n) is 10.8. The predicted molar refractivity (Wildman–Crippen MR) is 124 cm³/mol. The zero-order chi connectivity index (χ0) is 24.6. The van der Waals surface area contributed by atoms with E-state index in [1.807, 2.05) is 24.3 Å². The lowest BCUT2D eigenvalue weighted by Crippen LogP contribution is -2.55. The van der Waals surface area contributed by atoms with Crippen LogP contribution in [0.5, 0.6) is 5.75 Å². The number of nitrogens with two attached hydrogens (primary N) is 1. The lowest BCUT2D eigenvalue weighted by molar-refractivity contribution is -0.130. The molecule has 2 aliphatic heterocycles. The van der Waals surface area contributed by atoms with Crippen LogP contribution in [-0.2, 0) is 10.2 Å². The number of hydrogen-bond donors (Lipinski definition) is 2. The first-order valence-corrected chi connectivity index (χ1v) is 11.4. The van der Waals surface area contributed by atoms with Crippen LogP contribution < -0.4 is 10.5 Å². The first-order valence-electron chi connectivity index (χ1n) is 11.4. The van der Waals surface area contributed by atoms with Crippen LogP contribution in [0.25, 0.3) is 0 Å². The molecule has 0 bridgehead atoms. The molecule has 0 radical (unpaired) electrons. The van der Waals surface area contributed by atoms with Gasteiger partial charge in [0.1, 0.15) is 24.5 Å². The molecule has 3 N–H and O–H groups in total. The number of imide groups is 1. The summed E-state index contributed by atoms with van der Waals surface area (Å²) >= 11 is 0. The fourth-order valence-electron chi connectivity index (χ4n) is 4.91. The number of hydrogen-bond acceptors (Lipinski definition) is 5. The average Bonchev–Trinajstić information content (AvgIpc) is 2.95. The summed E-state index contributed by atoms with van der Waals surface area (Å²) in [6, 6.07) is 5.98. The number of urea groups is 2. The molecule has 33 heavy (non-hydrogen) atoms. The van der Waals surface area contributed by atoms with Gasteiger partial charge in [0.2, 0.25) is 0 Å². The number of rotatable bonds is 7. The number of aliphatic hydroxyl groups excluding tert-OH is 1. The minimum Gasteiger partial charge on any atom is -0.491 e. The van der Waals surface area contributed by atoms with Gasteiger partial charge in [0, 0.05) is 13.1 Å². The van der Waals surface area contributed by atoms with E-state index in [0.717, 1.165) is 11.3 Å². The third kappa shape index (κ3) is 5.76. The van der Waals surface area contributed by atoms with E-state index in [1.165, 1.54) is 15.4 Å². The molecule has 1 aromatic carbocycles. The predicted octanol–water partition coefficient (Wildman–Crippen LogP) is 2.17. The van der Waals surface area contributed by atoms with Crippen LogP contribution in [0.1, 0.15) is 46.6 Å². The van der Waals surface area contributed by atoms with E-state index in [9.17, 15) is 19.5 Å². The molecule has 1 aromatic rings. The van der Waals surface area contributed by atoms with Gasteiger partial charge < -0.3 is 25.4 Å². The van der Waals surface area contributed by atoms with E-state index < -0.39 is 30.1 Å². The molecule has 2 saturated heterocycles. The maximum Gasteiger partial charge on any atom is 0.327 e.